The second-order valence-electron chi connectivity index (χ2n) is 5.08. The van der Waals surface area contributed by atoms with Gasteiger partial charge >= 0.3 is 5.97 Å². The summed E-state index contributed by atoms with van der Waals surface area (Å²) in [5.41, 5.74) is 0.609. The van der Waals surface area contributed by atoms with Gasteiger partial charge in [-0.1, -0.05) is 0 Å². The minimum absolute atomic E-state index is 0.0875. The number of benzene rings is 1. The number of likely N-dealkylation sites (N-methyl/N-ethyl adjacent to an activating group) is 1. The van der Waals surface area contributed by atoms with Crippen LogP contribution in [-0.4, -0.2) is 56.9 Å². The predicted octanol–water partition coefficient (Wildman–Crippen LogP) is -0.373. The maximum Gasteiger partial charge on any atom is 0.324 e. The van der Waals surface area contributed by atoms with Crippen LogP contribution >= 0.6 is 0 Å². The molecule has 0 spiro atoms. The fraction of sp³-hybridized carbons (Fsp3) is 0.462. The van der Waals surface area contributed by atoms with Gasteiger partial charge in [0.25, 0.3) is 0 Å². The molecule has 0 saturated carbocycles. The standard InChI is InChI=1S/C13H18N2O6S/c1-8(16)12(13(17)18)14-22(19,20)9-3-4-11-10(7-9)15(2)5-6-21-11/h3-4,7-8,12,14,16H,5-6H2,1-2H3,(H,17,18). The van der Waals surface area contributed by atoms with E-state index in [4.69, 9.17) is 9.84 Å². The van der Waals surface area contributed by atoms with Gasteiger partial charge in [-0.05, 0) is 25.1 Å². The number of aliphatic hydroxyl groups excluding tert-OH is 1. The summed E-state index contributed by atoms with van der Waals surface area (Å²) in [6.07, 6.45) is -1.36. The first-order valence-electron chi connectivity index (χ1n) is 6.63. The number of aliphatic hydroxyl groups is 1. The largest absolute Gasteiger partial charge is 0.490 e. The molecule has 0 radical (unpaired) electrons. The maximum atomic E-state index is 12.3. The van der Waals surface area contributed by atoms with Crippen molar-refractivity contribution in [3.05, 3.63) is 18.2 Å². The van der Waals surface area contributed by atoms with E-state index >= 15 is 0 Å². The van der Waals surface area contributed by atoms with Crippen LogP contribution in [0.4, 0.5) is 5.69 Å². The number of carboxylic acids is 1. The highest BCUT2D eigenvalue weighted by Gasteiger charge is 2.30. The summed E-state index contributed by atoms with van der Waals surface area (Å²) in [5, 5.41) is 18.4. The van der Waals surface area contributed by atoms with Crippen LogP contribution in [-0.2, 0) is 14.8 Å². The molecule has 9 heteroatoms. The Morgan fingerprint density at radius 3 is 2.73 bits per heavy atom. The van der Waals surface area contributed by atoms with E-state index in [1.54, 1.807) is 7.05 Å². The van der Waals surface area contributed by atoms with Gasteiger partial charge in [-0.15, -0.1) is 0 Å². The fourth-order valence-corrected chi connectivity index (χ4v) is 3.37. The van der Waals surface area contributed by atoms with Crippen molar-refractivity contribution in [3.63, 3.8) is 0 Å². The molecule has 1 aliphatic heterocycles. The third-order valence-electron chi connectivity index (χ3n) is 3.37. The zero-order valence-corrected chi connectivity index (χ0v) is 13.0. The number of nitrogens with zero attached hydrogens (tertiary/aromatic N) is 1. The third kappa shape index (κ3) is 3.32. The Morgan fingerprint density at radius 1 is 1.45 bits per heavy atom. The number of nitrogens with one attached hydrogen (secondary N) is 1. The van der Waals surface area contributed by atoms with Crippen molar-refractivity contribution >= 4 is 21.7 Å². The summed E-state index contributed by atoms with van der Waals surface area (Å²) < 4.78 is 32.0. The molecule has 2 rings (SSSR count). The number of hydrogen-bond acceptors (Lipinski definition) is 6. The van der Waals surface area contributed by atoms with Gasteiger partial charge < -0.3 is 19.8 Å². The molecule has 122 valence electrons. The molecule has 2 unspecified atom stereocenters. The summed E-state index contributed by atoms with van der Waals surface area (Å²) in [5.74, 6) is -0.880. The van der Waals surface area contributed by atoms with Crippen LogP contribution in [0.1, 0.15) is 6.92 Å². The molecule has 0 aliphatic carbocycles. The molecule has 1 heterocycles. The van der Waals surface area contributed by atoms with Gasteiger partial charge in [0.05, 0.1) is 23.2 Å². The number of ether oxygens (including phenoxy) is 1. The zero-order valence-electron chi connectivity index (χ0n) is 12.2. The van der Waals surface area contributed by atoms with Gasteiger partial charge in [0.1, 0.15) is 18.4 Å². The highest BCUT2D eigenvalue weighted by molar-refractivity contribution is 7.89. The number of carbonyl (C=O) groups is 1. The van der Waals surface area contributed by atoms with Gasteiger partial charge in [0.15, 0.2) is 0 Å². The Balaban J connectivity index is 2.34. The molecule has 8 nitrogen and oxygen atoms in total. The normalized spacial score (nSPS) is 17.3. The highest BCUT2D eigenvalue weighted by Crippen LogP contribution is 2.32. The van der Waals surface area contributed by atoms with Crippen molar-refractivity contribution in [3.8, 4) is 5.75 Å². The van der Waals surface area contributed by atoms with Crippen LogP contribution in [0.5, 0.6) is 5.75 Å². The van der Waals surface area contributed by atoms with Crippen LogP contribution in [0.15, 0.2) is 23.1 Å². The van der Waals surface area contributed by atoms with Crippen LogP contribution in [0, 0.1) is 0 Å². The van der Waals surface area contributed by atoms with Gasteiger partial charge in [0.2, 0.25) is 10.0 Å². The van der Waals surface area contributed by atoms with Crippen molar-refractivity contribution in [2.75, 3.05) is 25.1 Å². The van der Waals surface area contributed by atoms with Crippen molar-refractivity contribution in [2.45, 2.75) is 24.0 Å². The monoisotopic (exact) mass is 330 g/mol. The first-order chi connectivity index (χ1) is 10.2. The number of carboxylic acid groups (broad SMARTS) is 1. The molecule has 1 aromatic rings. The number of hydrogen-bond donors (Lipinski definition) is 3. The number of fused-ring (bicyclic) bond motifs is 1. The third-order valence-corrected chi connectivity index (χ3v) is 4.81. The lowest BCUT2D eigenvalue weighted by Crippen LogP contribution is -2.47. The minimum Gasteiger partial charge on any atom is -0.490 e. The second kappa shape index (κ2) is 6.11. The quantitative estimate of drug-likeness (QED) is 0.674. The lowest BCUT2D eigenvalue weighted by Gasteiger charge is -2.28. The smallest absolute Gasteiger partial charge is 0.324 e. The molecule has 0 fully saturated rings. The molecule has 0 bridgehead atoms. The SMILES string of the molecule is CC(O)C(NS(=O)(=O)c1ccc2c(c1)N(C)CCO2)C(=O)O. The Kier molecular flexibility index (Phi) is 4.59. The van der Waals surface area contributed by atoms with Crippen LogP contribution in [0.25, 0.3) is 0 Å². The van der Waals surface area contributed by atoms with E-state index in [2.05, 4.69) is 0 Å². The lowest BCUT2D eigenvalue weighted by atomic mass is 10.2. The van der Waals surface area contributed by atoms with Crippen molar-refractivity contribution in [2.24, 2.45) is 0 Å². The number of sulfonamides is 1. The summed E-state index contributed by atoms with van der Waals surface area (Å²) in [4.78, 5) is 12.8. The Hall–Kier alpha value is -1.84. The van der Waals surface area contributed by atoms with E-state index in [0.29, 0.717) is 24.6 Å². The van der Waals surface area contributed by atoms with E-state index in [0.717, 1.165) is 0 Å². The number of aliphatic carboxylic acids is 1. The molecule has 3 N–H and O–H groups in total. The Labute approximate surface area is 128 Å². The average molecular weight is 330 g/mol. The van der Waals surface area contributed by atoms with E-state index in [9.17, 15) is 18.3 Å². The highest BCUT2D eigenvalue weighted by atomic mass is 32.2. The van der Waals surface area contributed by atoms with Crippen molar-refractivity contribution in [1.82, 2.24) is 4.72 Å². The molecule has 22 heavy (non-hydrogen) atoms. The molecular weight excluding hydrogens is 312 g/mol. The van der Waals surface area contributed by atoms with Gasteiger partial charge in [-0.2, -0.15) is 4.72 Å². The molecule has 0 saturated heterocycles. The number of anilines is 1. The molecule has 2 atom stereocenters. The lowest BCUT2D eigenvalue weighted by molar-refractivity contribution is -0.141. The van der Waals surface area contributed by atoms with E-state index in [1.807, 2.05) is 9.62 Å². The Bertz CT molecular complexity index is 673. The summed E-state index contributed by atoms with van der Waals surface area (Å²) in [6.45, 7) is 2.34. The van der Waals surface area contributed by atoms with E-state index in [-0.39, 0.29) is 4.90 Å². The van der Waals surface area contributed by atoms with E-state index in [1.165, 1.54) is 25.1 Å². The Morgan fingerprint density at radius 2 is 2.14 bits per heavy atom. The average Bonchev–Trinajstić information content (AvgIpc) is 2.44. The molecule has 0 amide bonds. The van der Waals surface area contributed by atoms with Gasteiger partial charge in [-0.25, -0.2) is 8.42 Å². The minimum atomic E-state index is -4.08. The fourth-order valence-electron chi connectivity index (χ4n) is 2.09. The first kappa shape index (κ1) is 16.5. The first-order valence-corrected chi connectivity index (χ1v) is 8.12. The topological polar surface area (TPSA) is 116 Å². The molecule has 1 aliphatic rings. The van der Waals surface area contributed by atoms with Crippen molar-refractivity contribution < 1.29 is 28.2 Å². The summed E-state index contributed by atoms with van der Waals surface area (Å²) in [7, 11) is -2.27. The predicted molar refractivity (Wildman–Crippen MR) is 78.6 cm³/mol. The molecule has 0 aromatic heterocycles. The van der Waals surface area contributed by atoms with Crippen molar-refractivity contribution in [1.29, 1.82) is 0 Å². The zero-order chi connectivity index (χ0) is 16.5. The van der Waals surface area contributed by atoms with Crippen LogP contribution < -0.4 is 14.4 Å². The van der Waals surface area contributed by atoms with Crippen LogP contribution in [0.3, 0.4) is 0 Å². The van der Waals surface area contributed by atoms with Crippen LogP contribution in [0.2, 0.25) is 0 Å². The number of rotatable bonds is 5. The maximum absolute atomic E-state index is 12.3. The van der Waals surface area contributed by atoms with Gasteiger partial charge in [-0.3, -0.25) is 4.79 Å². The molecular formula is C13H18N2O6S. The second-order valence-corrected chi connectivity index (χ2v) is 6.79. The summed E-state index contributed by atoms with van der Waals surface area (Å²) in [6, 6.07) is 2.66. The summed E-state index contributed by atoms with van der Waals surface area (Å²) >= 11 is 0. The molecule has 1 aromatic carbocycles. The van der Waals surface area contributed by atoms with E-state index < -0.39 is 28.1 Å². The van der Waals surface area contributed by atoms with Gasteiger partial charge in [0, 0.05) is 7.05 Å².